The van der Waals surface area contributed by atoms with Crippen molar-refractivity contribution in [1.29, 1.82) is 5.41 Å². The van der Waals surface area contributed by atoms with E-state index >= 15 is 0 Å². The van der Waals surface area contributed by atoms with E-state index in [2.05, 4.69) is 10.6 Å². The molecule has 0 saturated heterocycles. The third-order valence-electron chi connectivity index (χ3n) is 4.62. The fourth-order valence-electron chi connectivity index (χ4n) is 3.05. The molecule has 1 atom stereocenters. The van der Waals surface area contributed by atoms with E-state index in [0.29, 0.717) is 11.1 Å². The van der Waals surface area contributed by atoms with Gasteiger partial charge in [0.25, 0.3) is 5.91 Å². The first-order valence-corrected chi connectivity index (χ1v) is 9.57. The fraction of sp³-hybridized carbons (Fsp3) is 0.125. The first-order chi connectivity index (χ1) is 14.4. The van der Waals surface area contributed by atoms with E-state index in [9.17, 15) is 9.59 Å². The molecule has 3 rings (SSSR count). The molecule has 1 unspecified atom stereocenters. The maximum absolute atomic E-state index is 12.7. The van der Waals surface area contributed by atoms with Crippen molar-refractivity contribution in [3.63, 3.8) is 0 Å². The normalized spacial score (nSPS) is 11.0. The summed E-state index contributed by atoms with van der Waals surface area (Å²) in [5.41, 5.74) is 9.15. The van der Waals surface area contributed by atoms with E-state index in [1.54, 1.807) is 36.4 Å². The van der Waals surface area contributed by atoms with Crippen LogP contribution in [0.4, 0.5) is 0 Å². The van der Waals surface area contributed by atoms with E-state index in [0.717, 1.165) is 16.7 Å². The van der Waals surface area contributed by atoms with Crippen LogP contribution in [0.25, 0.3) is 0 Å². The van der Waals surface area contributed by atoms with E-state index in [1.165, 1.54) is 0 Å². The lowest BCUT2D eigenvalue weighted by Gasteiger charge is -2.21. The molecule has 31 heavy (non-hydrogen) atoms. The minimum Gasteiger partial charge on any atom is -0.384 e. The second kappa shape index (κ2) is 10.9. The highest BCUT2D eigenvalue weighted by Crippen LogP contribution is 2.13. The molecule has 0 aliphatic carbocycles. The van der Waals surface area contributed by atoms with Gasteiger partial charge in [0, 0.05) is 11.1 Å². The van der Waals surface area contributed by atoms with Gasteiger partial charge in [-0.2, -0.15) is 0 Å². The largest absolute Gasteiger partial charge is 0.384 e. The molecule has 0 radical (unpaired) electrons. The van der Waals surface area contributed by atoms with Gasteiger partial charge < -0.3 is 16.4 Å². The number of aryl methyl sites for hydroxylation is 1. The molecule has 3 aromatic carbocycles. The lowest BCUT2D eigenvalue weighted by Crippen LogP contribution is -2.41. The van der Waals surface area contributed by atoms with E-state index in [-0.39, 0.29) is 36.5 Å². The number of nitrogen functional groups attached to an aromatic ring is 1. The first kappa shape index (κ1) is 23.6. The number of hydrogen-bond acceptors (Lipinski definition) is 3. The van der Waals surface area contributed by atoms with Gasteiger partial charge in [0.2, 0.25) is 5.91 Å². The monoisotopic (exact) mass is 436 g/mol. The van der Waals surface area contributed by atoms with Gasteiger partial charge in [-0.3, -0.25) is 15.0 Å². The standard InChI is InChI=1S/C24H24N4O2.ClH/c1-16-6-5-9-20(14-16)24(30)28-23(19-7-3-2-4-8-19)27-21(29)15-17-10-12-18(13-11-17)22(25)26;/h2-14,23H,15H2,1H3,(H3,25,26)(H,27,29)(H,28,30);1H. The Kier molecular flexibility index (Phi) is 8.34. The summed E-state index contributed by atoms with van der Waals surface area (Å²) in [6, 6.07) is 23.5. The molecular formula is C24H25ClN4O2. The molecule has 7 heteroatoms. The molecule has 5 N–H and O–H groups in total. The van der Waals surface area contributed by atoms with Gasteiger partial charge in [0.1, 0.15) is 12.0 Å². The van der Waals surface area contributed by atoms with Crippen LogP contribution in [0.15, 0.2) is 78.9 Å². The zero-order chi connectivity index (χ0) is 21.5. The number of carbonyl (C=O) groups excluding carboxylic acids is 2. The summed E-state index contributed by atoms with van der Waals surface area (Å²) in [4.78, 5) is 25.4. The molecule has 0 aliphatic rings. The number of hydrogen-bond donors (Lipinski definition) is 4. The van der Waals surface area contributed by atoms with Crippen molar-refractivity contribution in [2.75, 3.05) is 0 Å². The topological polar surface area (TPSA) is 108 Å². The maximum Gasteiger partial charge on any atom is 0.253 e. The summed E-state index contributed by atoms with van der Waals surface area (Å²) in [5, 5.41) is 13.2. The Balaban J connectivity index is 0.00000341. The highest BCUT2D eigenvalue weighted by atomic mass is 35.5. The molecule has 3 aromatic rings. The predicted molar refractivity (Wildman–Crippen MR) is 124 cm³/mol. The van der Waals surface area contributed by atoms with E-state index in [4.69, 9.17) is 11.1 Å². The molecule has 0 bridgehead atoms. The van der Waals surface area contributed by atoms with Gasteiger partial charge >= 0.3 is 0 Å². The molecule has 0 aliphatic heterocycles. The summed E-state index contributed by atoms with van der Waals surface area (Å²) in [6.07, 6.45) is -0.523. The van der Waals surface area contributed by atoms with Crippen LogP contribution >= 0.6 is 12.4 Å². The molecule has 160 valence electrons. The minimum atomic E-state index is -0.664. The number of benzene rings is 3. The predicted octanol–water partition coefficient (Wildman–Crippen LogP) is 3.49. The summed E-state index contributed by atoms with van der Waals surface area (Å²) in [7, 11) is 0. The smallest absolute Gasteiger partial charge is 0.253 e. The van der Waals surface area contributed by atoms with Crippen LogP contribution in [-0.4, -0.2) is 17.6 Å². The lowest BCUT2D eigenvalue weighted by molar-refractivity contribution is -0.121. The number of carbonyl (C=O) groups is 2. The Hall–Kier alpha value is -3.64. The van der Waals surface area contributed by atoms with Crippen molar-refractivity contribution < 1.29 is 9.59 Å². The van der Waals surface area contributed by atoms with Gasteiger partial charge in [-0.05, 0) is 30.2 Å². The zero-order valence-corrected chi connectivity index (χ0v) is 17.9. The van der Waals surface area contributed by atoms with Crippen LogP contribution < -0.4 is 16.4 Å². The number of halogens is 1. The van der Waals surface area contributed by atoms with Crippen LogP contribution in [0.3, 0.4) is 0 Å². The number of nitrogens with two attached hydrogens (primary N) is 1. The van der Waals surface area contributed by atoms with Crippen molar-refractivity contribution in [2.24, 2.45) is 5.73 Å². The van der Waals surface area contributed by atoms with Gasteiger partial charge in [-0.25, -0.2) is 0 Å². The highest BCUT2D eigenvalue weighted by Gasteiger charge is 2.18. The molecule has 0 saturated carbocycles. The minimum absolute atomic E-state index is 0. The Bertz CT molecular complexity index is 1050. The zero-order valence-electron chi connectivity index (χ0n) is 17.1. The van der Waals surface area contributed by atoms with Crippen LogP contribution in [0.1, 0.15) is 38.8 Å². The third kappa shape index (κ3) is 6.69. The van der Waals surface area contributed by atoms with Crippen molar-refractivity contribution in [2.45, 2.75) is 19.5 Å². The van der Waals surface area contributed by atoms with Crippen LogP contribution in [0, 0.1) is 12.3 Å². The fourth-order valence-corrected chi connectivity index (χ4v) is 3.05. The van der Waals surface area contributed by atoms with Crippen molar-refractivity contribution in [1.82, 2.24) is 10.6 Å². The molecule has 0 fully saturated rings. The second-order valence-corrected chi connectivity index (χ2v) is 7.04. The lowest BCUT2D eigenvalue weighted by atomic mass is 10.1. The maximum atomic E-state index is 12.7. The van der Waals surface area contributed by atoms with Crippen LogP contribution in [-0.2, 0) is 11.2 Å². The SMILES string of the molecule is Cc1cccc(C(=O)NC(NC(=O)Cc2ccc(C(=N)N)cc2)c2ccccc2)c1.Cl. The summed E-state index contributed by atoms with van der Waals surface area (Å²) < 4.78 is 0. The summed E-state index contributed by atoms with van der Waals surface area (Å²) in [6.45, 7) is 1.92. The quantitative estimate of drug-likeness (QED) is 0.258. The van der Waals surface area contributed by atoms with Crippen LogP contribution in [0.5, 0.6) is 0 Å². The average Bonchev–Trinajstić information content (AvgIpc) is 2.74. The van der Waals surface area contributed by atoms with Gasteiger partial charge in [0.05, 0.1) is 6.42 Å². The van der Waals surface area contributed by atoms with E-state index in [1.807, 2.05) is 49.4 Å². The number of rotatable bonds is 7. The van der Waals surface area contributed by atoms with Gasteiger partial charge in [-0.15, -0.1) is 12.4 Å². The summed E-state index contributed by atoms with van der Waals surface area (Å²) in [5.74, 6) is -0.517. The average molecular weight is 437 g/mol. The van der Waals surface area contributed by atoms with E-state index < -0.39 is 6.17 Å². The van der Waals surface area contributed by atoms with Crippen molar-refractivity contribution >= 4 is 30.1 Å². The number of amides is 2. The third-order valence-corrected chi connectivity index (χ3v) is 4.62. The van der Waals surface area contributed by atoms with Crippen molar-refractivity contribution in [3.05, 3.63) is 107 Å². The molecule has 0 heterocycles. The Labute approximate surface area is 187 Å². The van der Waals surface area contributed by atoms with Crippen LogP contribution in [0.2, 0.25) is 0 Å². The molecule has 0 spiro atoms. The Morgan fingerprint density at radius 1 is 0.903 bits per heavy atom. The van der Waals surface area contributed by atoms with Gasteiger partial charge in [-0.1, -0.05) is 72.3 Å². The Morgan fingerprint density at radius 2 is 1.58 bits per heavy atom. The number of amidine groups is 1. The van der Waals surface area contributed by atoms with Gasteiger partial charge in [0.15, 0.2) is 0 Å². The molecular weight excluding hydrogens is 412 g/mol. The highest BCUT2D eigenvalue weighted by molar-refractivity contribution is 5.95. The molecule has 6 nitrogen and oxygen atoms in total. The second-order valence-electron chi connectivity index (χ2n) is 7.04. The Morgan fingerprint density at radius 3 is 2.19 bits per heavy atom. The summed E-state index contributed by atoms with van der Waals surface area (Å²) >= 11 is 0. The molecule has 2 amide bonds. The first-order valence-electron chi connectivity index (χ1n) is 9.57. The number of nitrogens with one attached hydrogen (secondary N) is 3. The van der Waals surface area contributed by atoms with Crippen molar-refractivity contribution in [3.8, 4) is 0 Å². The molecule has 0 aromatic heterocycles.